The first kappa shape index (κ1) is 23.1. The van der Waals surface area contributed by atoms with Crippen LogP contribution in [0.15, 0.2) is 42.5 Å². The van der Waals surface area contributed by atoms with E-state index in [9.17, 15) is 14.4 Å². The number of ether oxygens (including phenoxy) is 1. The van der Waals surface area contributed by atoms with Crippen LogP contribution in [0.2, 0.25) is 5.02 Å². The van der Waals surface area contributed by atoms with Crippen molar-refractivity contribution in [1.29, 1.82) is 0 Å². The summed E-state index contributed by atoms with van der Waals surface area (Å²) in [5, 5.41) is 3.39. The fourth-order valence-electron chi connectivity index (χ4n) is 4.51. The molecular weight excluding hydrogens is 442 g/mol. The van der Waals surface area contributed by atoms with Crippen LogP contribution in [0.4, 0.5) is 5.69 Å². The lowest BCUT2D eigenvalue weighted by Gasteiger charge is -2.27. The second-order valence-corrected chi connectivity index (χ2v) is 8.90. The minimum atomic E-state index is -0.575. The molecular formula is C25H28ClN3O4. The first-order chi connectivity index (χ1) is 16.0. The molecule has 2 aromatic rings. The van der Waals surface area contributed by atoms with Gasteiger partial charge < -0.3 is 19.9 Å². The average Bonchev–Trinajstić information content (AvgIpc) is 3.30. The van der Waals surface area contributed by atoms with E-state index in [1.807, 2.05) is 29.2 Å². The van der Waals surface area contributed by atoms with Gasteiger partial charge in [-0.2, -0.15) is 0 Å². The maximum absolute atomic E-state index is 13.2. The summed E-state index contributed by atoms with van der Waals surface area (Å²) in [6.07, 6.45) is 3.89. The smallest absolute Gasteiger partial charge is 0.258 e. The maximum atomic E-state index is 13.2. The summed E-state index contributed by atoms with van der Waals surface area (Å²) in [6.45, 7) is 1.79. The van der Waals surface area contributed by atoms with Crippen molar-refractivity contribution >= 4 is 35.0 Å². The topological polar surface area (TPSA) is 79.0 Å². The maximum Gasteiger partial charge on any atom is 0.258 e. The molecule has 0 aromatic heterocycles. The summed E-state index contributed by atoms with van der Waals surface area (Å²) < 4.78 is 5.32. The van der Waals surface area contributed by atoms with E-state index >= 15 is 0 Å². The summed E-state index contributed by atoms with van der Waals surface area (Å²) in [6, 6.07) is 11.8. The quantitative estimate of drug-likeness (QED) is 0.690. The Morgan fingerprint density at radius 1 is 1.12 bits per heavy atom. The monoisotopic (exact) mass is 469 g/mol. The fraction of sp³-hybridized carbons (Fsp3) is 0.400. The molecule has 2 aromatic carbocycles. The summed E-state index contributed by atoms with van der Waals surface area (Å²) in [4.78, 5) is 41.9. The van der Waals surface area contributed by atoms with Gasteiger partial charge in [0.15, 0.2) is 0 Å². The Morgan fingerprint density at radius 2 is 1.97 bits per heavy atom. The molecule has 0 bridgehead atoms. The number of likely N-dealkylation sites (tertiary alicyclic amines) is 2. The van der Waals surface area contributed by atoms with Crippen molar-refractivity contribution in [2.75, 3.05) is 25.5 Å². The van der Waals surface area contributed by atoms with Crippen LogP contribution in [0, 0.1) is 0 Å². The second kappa shape index (κ2) is 10.3. The zero-order valence-electron chi connectivity index (χ0n) is 18.7. The summed E-state index contributed by atoms with van der Waals surface area (Å²) in [5.74, 6) is 0.0973. The molecule has 1 atom stereocenters. The predicted molar refractivity (Wildman–Crippen MR) is 126 cm³/mol. The van der Waals surface area contributed by atoms with E-state index in [1.165, 1.54) is 7.11 Å². The average molecular weight is 470 g/mol. The van der Waals surface area contributed by atoms with Crippen molar-refractivity contribution in [2.45, 2.75) is 44.7 Å². The van der Waals surface area contributed by atoms with Crippen molar-refractivity contribution in [2.24, 2.45) is 0 Å². The molecule has 2 fully saturated rings. The van der Waals surface area contributed by atoms with E-state index in [-0.39, 0.29) is 17.7 Å². The molecule has 1 N–H and O–H groups in total. The van der Waals surface area contributed by atoms with E-state index in [1.54, 1.807) is 23.1 Å². The number of carbonyl (C=O) groups is 3. The molecule has 0 aliphatic carbocycles. The molecule has 0 radical (unpaired) electrons. The second-order valence-electron chi connectivity index (χ2n) is 8.46. The predicted octanol–water partition coefficient (Wildman–Crippen LogP) is 4.10. The molecule has 7 nitrogen and oxygen atoms in total. The highest BCUT2D eigenvalue weighted by Gasteiger charge is 2.35. The highest BCUT2D eigenvalue weighted by molar-refractivity contribution is 6.31. The van der Waals surface area contributed by atoms with Gasteiger partial charge in [-0.1, -0.05) is 23.7 Å². The number of methoxy groups -OCH3 is 1. The fourth-order valence-corrected chi connectivity index (χ4v) is 4.68. The van der Waals surface area contributed by atoms with Crippen LogP contribution in [0.3, 0.4) is 0 Å². The molecule has 2 aliphatic rings. The van der Waals surface area contributed by atoms with Crippen LogP contribution < -0.4 is 10.1 Å². The van der Waals surface area contributed by atoms with E-state index in [0.29, 0.717) is 48.0 Å². The molecule has 33 heavy (non-hydrogen) atoms. The van der Waals surface area contributed by atoms with E-state index in [0.717, 1.165) is 31.4 Å². The Morgan fingerprint density at radius 3 is 2.76 bits per heavy atom. The molecule has 174 valence electrons. The number of rotatable bonds is 6. The number of anilines is 1. The van der Waals surface area contributed by atoms with Crippen LogP contribution in [-0.2, 0) is 16.1 Å². The number of carbonyl (C=O) groups excluding carboxylic acids is 3. The van der Waals surface area contributed by atoms with Gasteiger partial charge in [-0.3, -0.25) is 14.4 Å². The lowest BCUT2D eigenvalue weighted by atomic mass is 10.1. The summed E-state index contributed by atoms with van der Waals surface area (Å²) >= 11 is 6.09. The first-order valence-corrected chi connectivity index (χ1v) is 11.7. The zero-order chi connectivity index (χ0) is 23.4. The van der Waals surface area contributed by atoms with Crippen molar-refractivity contribution < 1.29 is 19.1 Å². The number of halogens is 1. The highest BCUT2D eigenvalue weighted by atomic mass is 35.5. The number of benzene rings is 2. The van der Waals surface area contributed by atoms with Crippen LogP contribution in [0.5, 0.6) is 5.75 Å². The SMILES string of the molecule is COc1ccc(Cl)cc1C(=O)N1CCCC1C(=O)Nc1cccc(CN2CCCCC2=O)c1. The molecule has 4 rings (SSSR count). The molecule has 3 amide bonds. The third kappa shape index (κ3) is 5.30. The van der Waals surface area contributed by atoms with E-state index < -0.39 is 6.04 Å². The van der Waals surface area contributed by atoms with E-state index in [4.69, 9.17) is 16.3 Å². The third-order valence-electron chi connectivity index (χ3n) is 6.20. The molecule has 2 heterocycles. The molecule has 0 spiro atoms. The Hall–Kier alpha value is -3.06. The number of hydrogen-bond acceptors (Lipinski definition) is 4. The van der Waals surface area contributed by atoms with Gasteiger partial charge in [-0.25, -0.2) is 0 Å². The Balaban J connectivity index is 1.45. The lowest BCUT2D eigenvalue weighted by Crippen LogP contribution is -2.43. The Labute approximate surface area is 198 Å². The third-order valence-corrected chi connectivity index (χ3v) is 6.43. The largest absolute Gasteiger partial charge is 0.496 e. The van der Waals surface area contributed by atoms with Crippen LogP contribution in [-0.4, -0.2) is 53.8 Å². The number of amides is 3. The number of piperidine rings is 1. The van der Waals surface area contributed by atoms with Crippen LogP contribution in [0.1, 0.15) is 48.0 Å². The zero-order valence-corrected chi connectivity index (χ0v) is 19.4. The van der Waals surface area contributed by atoms with Crippen molar-refractivity contribution in [3.05, 3.63) is 58.6 Å². The van der Waals surface area contributed by atoms with Gasteiger partial charge in [0.1, 0.15) is 11.8 Å². The van der Waals surface area contributed by atoms with Gasteiger partial charge >= 0.3 is 0 Å². The number of hydrogen-bond donors (Lipinski definition) is 1. The van der Waals surface area contributed by atoms with Gasteiger partial charge in [0, 0.05) is 36.8 Å². The first-order valence-electron chi connectivity index (χ1n) is 11.3. The molecule has 0 saturated carbocycles. The lowest BCUT2D eigenvalue weighted by molar-refractivity contribution is -0.133. The van der Waals surface area contributed by atoms with Crippen molar-refractivity contribution in [3.63, 3.8) is 0 Å². The minimum Gasteiger partial charge on any atom is -0.496 e. The number of nitrogens with one attached hydrogen (secondary N) is 1. The molecule has 2 aliphatic heterocycles. The standard InChI is InChI=1S/C25H28ClN3O4/c1-33-22-11-10-18(26)15-20(22)25(32)29-13-5-8-21(29)24(31)27-19-7-4-6-17(14-19)16-28-12-3-2-9-23(28)30/h4,6-7,10-11,14-15,21H,2-3,5,8-9,12-13,16H2,1H3,(H,27,31). The Bertz CT molecular complexity index is 1060. The minimum absolute atomic E-state index is 0.173. The molecule has 1 unspecified atom stereocenters. The summed E-state index contributed by atoms with van der Waals surface area (Å²) in [5.41, 5.74) is 1.96. The number of nitrogens with zero attached hydrogens (tertiary/aromatic N) is 2. The van der Waals surface area contributed by atoms with Gasteiger partial charge in [-0.15, -0.1) is 0 Å². The molecule has 8 heteroatoms. The molecule has 2 saturated heterocycles. The van der Waals surface area contributed by atoms with Gasteiger partial charge in [0.05, 0.1) is 12.7 Å². The van der Waals surface area contributed by atoms with Gasteiger partial charge in [0.2, 0.25) is 11.8 Å². The summed E-state index contributed by atoms with van der Waals surface area (Å²) in [7, 11) is 1.50. The normalized spacial score (nSPS) is 18.4. The Kier molecular flexibility index (Phi) is 7.18. The van der Waals surface area contributed by atoms with Crippen LogP contribution in [0.25, 0.3) is 0 Å². The van der Waals surface area contributed by atoms with Gasteiger partial charge in [0.25, 0.3) is 5.91 Å². The van der Waals surface area contributed by atoms with Crippen molar-refractivity contribution in [1.82, 2.24) is 9.80 Å². The van der Waals surface area contributed by atoms with E-state index in [2.05, 4.69) is 5.32 Å². The van der Waals surface area contributed by atoms with Crippen LogP contribution >= 0.6 is 11.6 Å². The van der Waals surface area contributed by atoms with Gasteiger partial charge in [-0.05, 0) is 61.6 Å². The van der Waals surface area contributed by atoms with Crippen molar-refractivity contribution in [3.8, 4) is 5.75 Å². The highest BCUT2D eigenvalue weighted by Crippen LogP contribution is 2.28.